The number of amides is 1. The minimum Gasteiger partial charge on any atom is -0.493 e. The average molecular weight is 465 g/mol. The largest absolute Gasteiger partial charge is 0.493 e. The van der Waals surface area contributed by atoms with E-state index in [-0.39, 0.29) is 12.5 Å². The van der Waals surface area contributed by atoms with Crippen molar-refractivity contribution >= 4 is 22.4 Å². The Morgan fingerprint density at radius 1 is 1.06 bits per heavy atom. The van der Waals surface area contributed by atoms with Crippen molar-refractivity contribution in [3.63, 3.8) is 0 Å². The maximum absolute atomic E-state index is 12.8. The Bertz CT molecular complexity index is 1200. The van der Waals surface area contributed by atoms with Gasteiger partial charge in [-0.15, -0.1) is 10.2 Å². The van der Waals surface area contributed by atoms with E-state index >= 15 is 0 Å². The summed E-state index contributed by atoms with van der Waals surface area (Å²) in [6, 6.07) is 17.8. The third kappa shape index (κ3) is 5.50. The van der Waals surface area contributed by atoms with Crippen LogP contribution in [-0.4, -0.2) is 40.1 Å². The molecule has 0 saturated heterocycles. The quantitative estimate of drug-likeness (QED) is 0.275. The smallest absolute Gasteiger partial charge is 0.257 e. The zero-order chi connectivity index (χ0) is 23.0. The highest BCUT2D eigenvalue weighted by atomic mass is 32.1. The first kappa shape index (κ1) is 22.3. The first-order valence-corrected chi connectivity index (χ1v) is 10.7. The van der Waals surface area contributed by atoms with Gasteiger partial charge in [-0.1, -0.05) is 41.7 Å². The number of hydrogen-bond acceptors (Lipinski definition) is 9. The first-order valence-electron chi connectivity index (χ1n) is 9.89. The van der Waals surface area contributed by atoms with Crippen LogP contribution < -0.4 is 14.8 Å². The van der Waals surface area contributed by atoms with E-state index in [1.54, 1.807) is 30.6 Å². The van der Waals surface area contributed by atoms with Gasteiger partial charge in [0.05, 0.1) is 7.11 Å². The van der Waals surface area contributed by atoms with E-state index in [2.05, 4.69) is 25.4 Å². The predicted octanol–water partition coefficient (Wildman–Crippen LogP) is 4.47. The number of ether oxygens (including phenoxy) is 2. The van der Waals surface area contributed by atoms with Crippen molar-refractivity contribution in [3.05, 3.63) is 84.2 Å². The van der Waals surface area contributed by atoms with Crippen LogP contribution >= 0.6 is 11.3 Å². The summed E-state index contributed by atoms with van der Waals surface area (Å²) >= 11 is 1.26. The van der Waals surface area contributed by atoms with Crippen molar-refractivity contribution in [1.82, 2.24) is 15.2 Å². The van der Waals surface area contributed by atoms with Gasteiger partial charge in [0.2, 0.25) is 5.13 Å². The van der Waals surface area contributed by atoms with Crippen molar-refractivity contribution < 1.29 is 24.4 Å². The Labute approximate surface area is 193 Å². The third-order valence-electron chi connectivity index (χ3n) is 4.67. The van der Waals surface area contributed by atoms with Gasteiger partial charge in [0.15, 0.2) is 17.6 Å². The van der Waals surface area contributed by atoms with Gasteiger partial charge in [-0.25, -0.2) is 4.89 Å². The maximum atomic E-state index is 12.8. The number of anilines is 1. The minimum atomic E-state index is -0.572. The number of nitrogens with one attached hydrogen (secondary N) is 1. The van der Waals surface area contributed by atoms with E-state index in [0.717, 1.165) is 11.1 Å². The molecule has 2 N–H and O–H groups in total. The molecule has 0 fully saturated rings. The van der Waals surface area contributed by atoms with Crippen LogP contribution in [0.5, 0.6) is 11.5 Å². The number of carbonyl (C=O) groups excluding carboxylic acids is 1. The van der Waals surface area contributed by atoms with Crippen LogP contribution in [0.2, 0.25) is 0 Å². The van der Waals surface area contributed by atoms with Crippen LogP contribution in [0.25, 0.3) is 10.6 Å². The number of aromatic nitrogens is 3. The summed E-state index contributed by atoms with van der Waals surface area (Å²) in [5.74, 6) is 0.391. The number of hydrogen-bond donors (Lipinski definition) is 2. The molecule has 0 saturated carbocycles. The van der Waals surface area contributed by atoms with Gasteiger partial charge in [-0.2, -0.15) is 0 Å². The van der Waals surface area contributed by atoms with Crippen molar-refractivity contribution in [2.75, 3.05) is 19.0 Å². The summed E-state index contributed by atoms with van der Waals surface area (Å²) in [5, 5.41) is 20.9. The lowest BCUT2D eigenvalue weighted by Crippen LogP contribution is -2.15. The topological polar surface area (TPSA) is 116 Å². The van der Waals surface area contributed by atoms with E-state index in [0.29, 0.717) is 27.2 Å². The van der Waals surface area contributed by atoms with Crippen molar-refractivity contribution in [2.24, 2.45) is 0 Å². The Morgan fingerprint density at radius 2 is 1.85 bits per heavy atom. The van der Waals surface area contributed by atoms with Gasteiger partial charge in [0.1, 0.15) is 11.6 Å². The van der Waals surface area contributed by atoms with Gasteiger partial charge in [0.25, 0.3) is 5.91 Å². The normalized spacial score (nSPS) is 11.6. The fourth-order valence-electron chi connectivity index (χ4n) is 3.05. The molecule has 9 nitrogen and oxygen atoms in total. The molecule has 0 spiro atoms. The zero-order valence-corrected chi connectivity index (χ0v) is 18.4. The number of methoxy groups -OCH3 is 1. The molecule has 10 heteroatoms. The standard InChI is InChI=1S/C23H20N4O5S/c1-30-19-13-17(7-8-18(19)32-20(14-31-29)15-5-3-2-4-6-15)21(28)25-23-27-26-22(33-23)16-9-11-24-12-10-16/h2-13,20,29H,14H2,1H3,(H,25,27,28)/t20-/m0/s1. The highest BCUT2D eigenvalue weighted by Crippen LogP contribution is 2.33. The lowest BCUT2D eigenvalue weighted by atomic mass is 10.1. The highest BCUT2D eigenvalue weighted by Gasteiger charge is 2.19. The van der Waals surface area contributed by atoms with Crippen molar-refractivity contribution in [3.8, 4) is 22.1 Å². The lowest BCUT2D eigenvalue weighted by molar-refractivity contribution is -0.255. The average Bonchev–Trinajstić information content (AvgIpc) is 3.33. The summed E-state index contributed by atoms with van der Waals surface area (Å²) in [5.41, 5.74) is 2.04. The molecule has 0 unspecified atom stereocenters. The zero-order valence-electron chi connectivity index (χ0n) is 17.5. The SMILES string of the molecule is COc1cc(C(=O)Nc2nnc(-c3ccncc3)s2)ccc1O[C@@H](COO)c1ccccc1. The number of carbonyl (C=O) groups is 1. The van der Waals surface area contributed by atoms with E-state index in [9.17, 15) is 4.79 Å². The van der Waals surface area contributed by atoms with E-state index in [4.69, 9.17) is 14.7 Å². The van der Waals surface area contributed by atoms with Gasteiger partial charge >= 0.3 is 0 Å². The van der Waals surface area contributed by atoms with Crippen LogP contribution in [0.4, 0.5) is 5.13 Å². The van der Waals surface area contributed by atoms with Crippen LogP contribution in [0.3, 0.4) is 0 Å². The van der Waals surface area contributed by atoms with Crippen LogP contribution in [0.1, 0.15) is 22.0 Å². The number of pyridine rings is 1. The monoisotopic (exact) mass is 464 g/mol. The Kier molecular flexibility index (Phi) is 7.20. The first-order chi connectivity index (χ1) is 16.2. The predicted molar refractivity (Wildman–Crippen MR) is 122 cm³/mol. The van der Waals surface area contributed by atoms with Crippen LogP contribution in [-0.2, 0) is 4.89 Å². The van der Waals surface area contributed by atoms with Crippen LogP contribution in [0.15, 0.2) is 73.1 Å². The molecule has 2 heterocycles. The molecule has 1 atom stereocenters. The molecule has 0 radical (unpaired) electrons. The number of benzene rings is 2. The molecule has 1 amide bonds. The van der Waals surface area contributed by atoms with Gasteiger partial charge < -0.3 is 9.47 Å². The van der Waals surface area contributed by atoms with Crippen molar-refractivity contribution in [2.45, 2.75) is 6.10 Å². The molecule has 4 aromatic rings. The fraction of sp³-hybridized carbons (Fsp3) is 0.130. The van der Waals surface area contributed by atoms with Crippen molar-refractivity contribution in [1.29, 1.82) is 0 Å². The van der Waals surface area contributed by atoms with Gasteiger partial charge in [-0.05, 0) is 35.9 Å². The Balaban J connectivity index is 1.49. The van der Waals surface area contributed by atoms with E-state index in [1.165, 1.54) is 18.4 Å². The molecule has 168 valence electrons. The second kappa shape index (κ2) is 10.6. The minimum absolute atomic E-state index is 0.0771. The molecule has 2 aromatic heterocycles. The summed E-state index contributed by atoms with van der Waals surface area (Å²) in [4.78, 5) is 21.1. The second-order valence-electron chi connectivity index (χ2n) is 6.78. The summed E-state index contributed by atoms with van der Waals surface area (Å²) in [6.07, 6.45) is 2.76. The summed E-state index contributed by atoms with van der Waals surface area (Å²) in [6.45, 7) is -0.0771. The third-order valence-corrected chi connectivity index (χ3v) is 5.55. The molecule has 2 aromatic carbocycles. The summed E-state index contributed by atoms with van der Waals surface area (Å²) < 4.78 is 11.4. The molecule has 33 heavy (non-hydrogen) atoms. The maximum Gasteiger partial charge on any atom is 0.257 e. The molecule has 0 aliphatic rings. The molecular weight excluding hydrogens is 444 g/mol. The fourth-order valence-corrected chi connectivity index (χ4v) is 3.79. The molecule has 0 aliphatic carbocycles. The molecule has 4 rings (SSSR count). The number of nitrogens with zero attached hydrogens (tertiary/aromatic N) is 3. The Morgan fingerprint density at radius 3 is 2.58 bits per heavy atom. The summed E-state index contributed by atoms with van der Waals surface area (Å²) in [7, 11) is 1.48. The van der Waals surface area contributed by atoms with E-state index in [1.807, 2.05) is 42.5 Å². The van der Waals surface area contributed by atoms with Crippen LogP contribution in [0, 0.1) is 0 Å². The van der Waals surface area contributed by atoms with E-state index < -0.39 is 6.10 Å². The highest BCUT2D eigenvalue weighted by molar-refractivity contribution is 7.18. The molecule has 0 aliphatic heterocycles. The van der Waals surface area contributed by atoms with Gasteiger partial charge in [-0.3, -0.25) is 20.4 Å². The second-order valence-corrected chi connectivity index (χ2v) is 7.76. The number of rotatable bonds is 9. The van der Waals surface area contributed by atoms with Gasteiger partial charge in [0, 0.05) is 23.5 Å². The molecule has 0 bridgehead atoms. The lowest BCUT2D eigenvalue weighted by Gasteiger charge is -2.20. The molecular formula is C23H20N4O5S. The Hall–Kier alpha value is -3.86.